The molecule has 1 heterocycles. The Balaban J connectivity index is 1.50. The molecule has 1 N–H and O–H groups in total. The van der Waals surface area contributed by atoms with Gasteiger partial charge in [-0.1, -0.05) is 43.5 Å². The van der Waals surface area contributed by atoms with Crippen molar-refractivity contribution in [3.05, 3.63) is 35.4 Å². The molecule has 0 bridgehead atoms. The highest BCUT2D eigenvalue weighted by atomic mass is 16.2. The van der Waals surface area contributed by atoms with Crippen molar-refractivity contribution in [3.63, 3.8) is 0 Å². The number of carbonyl (C=O) groups is 1. The largest absolute Gasteiger partial charge is 0.336 e. The Morgan fingerprint density at radius 2 is 1.85 bits per heavy atom. The van der Waals surface area contributed by atoms with Crippen LogP contribution in [0.2, 0.25) is 0 Å². The molecule has 2 fully saturated rings. The number of nitrogens with zero attached hydrogens (tertiary/aromatic N) is 3. The van der Waals surface area contributed by atoms with Crippen molar-refractivity contribution in [2.45, 2.75) is 64.1 Å². The van der Waals surface area contributed by atoms with Gasteiger partial charge in [0.1, 0.15) is 5.54 Å². The van der Waals surface area contributed by atoms with Crippen molar-refractivity contribution in [1.29, 1.82) is 5.26 Å². The minimum atomic E-state index is -0.643. The summed E-state index contributed by atoms with van der Waals surface area (Å²) < 4.78 is 0. The van der Waals surface area contributed by atoms with E-state index in [4.69, 9.17) is 0 Å². The van der Waals surface area contributed by atoms with Gasteiger partial charge in [0.25, 0.3) is 0 Å². The maximum absolute atomic E-state index is 12.8. The monoisotopic (exact) mass is 368 g/mol. The third-order valence-electron chi connectivity index (χ3n) is 6.27. The number of hydrogen-bond donors (Lipinski definition) is 1. The topological polar surface area (TPSA) is 59.4 Å². The van der Waals surface area contributed by atoms with E-state index in [9.17, 15) is 10.1 Å². The van der Waals surface area contributed by atoms with E-state index in [1.807, 2.05) is 6.92 Å². The van der Waals surface area contributed by atoms with Crippen LogP contribution >= 0.6 is 0 Å². The molecule has 5 heteroatoms. The smallest absolute Gasteiger partial charge is 0.238 e. The highest BCUT2D eigenvalue weighted by Gasteiger charge is 2.36. The minimum absolute atomic E-state index is 0.00537. The molecule has 146 valence electrons. The maximum Gasteiger partial charge on any atom is 0.238 e. The normalized spacial score (nSPS) is 22.0. The van der Waals surface area contributed by atoms with Gasteiger partial charge in [0.15, 0.2) is 0 Å². The van der Waals surface area contributed by atoms with E-state index in [1.165, 1.54) is 11.1 Å². The Morgan fingerprint density at radius 3 is 2.48 bits per heavy atom. The Bertz CT molecular complexity index is 682. The summed E-state index contributed by atoms with van der Waals surface area (Å²) in [6.07, 6.45) is 4.79. The summed E-state index contributed by atoms with van der Waals surface area (Å²) >= 11 is 0. The lowest BCUT2D eigenvalue weighted by Gasteiger charge is -2.39. The van der Waals surface area contributed by atoms with E-state index in [0.29, 0.717) is 0 Å². The number of piperazine rings is 1. The van der Waals surface area contributed by atoms with Crippen molar-refractivity contribution in [2.24, 2.45) is 0 Å². The van der Waals surface area contributed by atoms with Crippen LogP contribution in [-0.2, 0) is 11.3 Å². The van der Waals surface area contributed by atoms with Gasteiger partial charge in [0.2, 0.25) is 5.91 Å². The summed E-state index contributed by atoms with van der Waals surface area (Å²) in [6, 6.07) is 10.7. The van der Waals surface area contributed by atoms with E-state index in [-0.39, 0.29) is 11.9 Å². The summed E-state index contributed by atoms with van der Waals surface area (Å²) in [5.74, 6) is 0.00537. The highest BCUT2D eigenvalue weighted by Crippen LogP contribution is 2.27. The van der Waals surface area contributed by atoms with Gasteiger partial charge in [0, 0.05) is 32.7 Å². The molecule has 1 saturated heterocycles. The number of nitriles is 1. The summed E-state index contributed by atoms with van der Waals surface area (Å²) in [5.41, 5.74) is 2.07. The molecule has 0 aromatic heterocycles. The Morgan fingerprint density at radius 1 is 1.19 bits per heavy atom. The fourth-order valence-corrected chi connectivity index (χ4v) is 4.26. The second-order valence-corrected chi connectivity index (χ2v) is 8.16. The average Bonchev–Trinajstić information content (AvgIpc) is 2.70. The second kappa shape index (κ2) is 8.86. The van der Waals surface area contributed by atoms with Gasteiger partial charge in [-0.15, -0.1) is 0 Å². The molecule has 3 rings (SSSR count). The van der Waals surface area contributed by atoms with Crippen molar-refractivity contribution in [1.82, 2.24) is 15.1 Å². The molecule has 27 heavy (non-hydrogen) atoms. The molecule has 1 atom stereocenters. The first-order valence-corrected chi connectivity index (χ1v) is 10.3. The predicted octanol–water partition coefficient (Wildman–Crippen LogP) is 2.84. The van der Waals surface area contributed by atoms with Gasteiger partial charge in [-0.25, -0.2) is 0 Å². The molecule has 0 unspecified atom stereocenters. The molecular formula is C22H32N4O. The van der Waals surface area contributed by atoms with Crippen LogP contribution in [-0.4, -0.2) is 53.5 Å². The molecule has 0 spiro atoms. The predicted molar refractivity (Wildman–Crippen MR) is 107 cm³/mol. The maximum atomic E-state index is 12.8. The third-order valence-corrected chi connectivity index (χ3v) is 6.27. The Kier molecular flexibility index (Phi) is 6.51. The number of rotatable bonds is 5. The van der Waals surface area contributed by atoms with Crippen LogP contribution < -0.4 is 5.32 Å². The Labute approximate surface area is 163 Å². The third kappa shape index (κ3) is 4.88. The lowest BCUT2D eigenvalue weighted by atomic mass is 9.82. The van der Waals surface area contributed by atoms with E-state index in [1.54, 1.807) is 0 Å². The van der Waals surface area contributed by atoms with Crippen LogP contribution in [0.5, 0.6) is 0 Å². The average molecular weight is 369 g/mol. The number of aryl methyl sites for hydroxylation is 1. The molecular weight excluding hydrogens is 336 g/mol. The zero-order valence-electron chi connectivity index (χ0n) is 16.7. The Hall–Kier alpha value is -1.90. The van der Waals surface area contributed by atoms with Crippen LogP contribution in [0.3, 0.4) is 0 Å². The quantitative estimate of drug-likeness (QED) is 0.868. The van der Waals surface area contributed by atoms with Crippen molar-refractivity contribution in [3.8, 4) is 6.07 Å². The summed E-state index contributed by atoms with van der Waals surface area (Å²) in [6.45, 7) is 8.82. The number of nitrogens with one attached hydrogen (secondary N) is 1. The van der Waals surface area contributed by atoms with E-state index >= 15 is 0 Å². The van der Waals surface area contributed by atoms with Gasteiger partial charge >= 0.3 is 0 Å². The summed E-state index contributed by atoms with van der Waals surface area (Å²) in [7, 11) is 0. The number of amides is 1. The highest BCUT2D eigenvalue weighted by molar-refractivity contribution is 5.82. The van der Waals surface area contributed by atoms with Gasteiger partial charge < -0.3 is 5.32 Å². The van der Waals surface area contributed by atoms with Crippen molar-refractivity contribution < 1.29 is 4.79 Å². The molecule has 1 aromatic rings. The molecule has 1 amide bonds. The number of benzene rings is 1. The molecule has 5 nitrogen and oxygen atoms in total. The molecule has 1 aliphatic carbocycles. The first-order chi connectivity index (χ1) is 13.0. The molecule has 2 aliphatic rings. The van der Waals surface area contributed by atoms with Gasteiger partial charge in [0.05, 0.1) is 12.1 Å². The standard InChI is InChI=1S/C22H32N4O/c1-18-8-4-5-9-20(18)16-25-12-14-26(15-13-25)19(2)21(27)24-22(17-23)10-6-3-7-11-22/h4-5,8-9,19H,3,6-7,10-16H2,1-2H3,(H,24,27)/t19-/m1/s1. The molecule has 0 radical (unpaired) electrons. The fourth-order valence-electron chi connectivity index (χ4n) is 4.26. The van der Waals surface area contributed by atoms with Crippen LogP contribution in [0.1, 0.15) is 50.2 Å². The van der Waals surface area contributed by atoms with Crippen LogP contribution in [0, 0.1) is 18.3 Å². The second-order valence-electron chi connectivity index (χ2n) is 8.16. The summed E-state index contributed by atoms with van der Waals surface area (Å²) in [5, 5.41) is 12.7. The lowest BCUT2D eigenvalue weighted by molar-refractivity contribution is -0.128. The minimum Gasteiger partial charge on any atom is -0.336 e. The SMILES string of the molecule is Cc1ccccc1CN1CCN([C@H](C)C(=O)NC2(C#N)CCCCC2)CC1. The number of hydrogen-bond acceptors (Lipinski definition) is 4. The fraction of sp³-hybridized carbons (Fsp3) is 0.636. The van der Waals surface area contributed by atoms with Crippen LogP contribution in [0.25, 0.3) is 0 Å². The van der Waals surface area contributed by atoms with E-state index < -0.39 is 5.54 Å². The van der Waals surface area contributed by atoms with Crippen LogP contribution in [0.4, 0.5) is 0 Å². The van der Waals surface area contributed by atoms with Crippen molar-refractivity contribution in [2.75, 3.05) is 26.2 Å². The first-order valence-electron chi connectivity index (χ1n) is 10.3. The lowest BCUT2D eigenvalue weighted by Crippen LogP contribution is -2.58. The number of carbonyl (C=O) groups excluding carboxylic acids is 1. The van der Waals surface area contributed by atoms with Gasteiger partial charge in [-0.2, -0.15) is 5.26 Å². The van der Waals surface area contributed by atoms with Crippen LogP contribution in [0.15, 0.2) is 24.3 Å². The molecule has 1 aliphatic heterocycles. The van der Waals surface area contributed by atoms with Gasteiger partial charge in [-0.05, 0) is 37.8 Å². The van der Waals surface area contributed by atoms with Gasteiger partial charge in [-0.3, -0.25) is 14.6 Å². The summed E-state index contributed by atoms with van der Waals surface area (Å²) in [4.78, 5) is 17.5. The zero-order valence-corrected chi connectivity index (χ0v) is 16.7. The molecule has 1 aromatic carbocycles. The van der Waals surface area contributed by atoms with E-state index in [0.717, 1.165) is 64.8 Å². The first kappa shape index (κ1) is 19.9. The van der Waals surface area contributed by atoms with E-state index in [2.05, 4.69) is 52.4 Å². The zero-order chi connectivity index (χ0) is 19.3. The molecule has 1 saturated carbocycles. The van der Waals surface area contributed by atoms with Crippen molar-refractivity contribution >= 4 is 5.91 Å².